The van der Waals surface area contributed by atoms with Gasteiger partial charge >= 0.3 is 0 Å². The zero-order valence-corrected chi connectivity index (χ0v) is 9.14. The fourth-order valence-corrected chi connectivity index (χ4v) is 1.52. The van der Waals surface area contributed by atoms with Crippen LogP contribution in [0, 0.1) is 0 Å². The van der Waals surface area contributed by atoms with Gasteiger partial charge in [0.15, 0.2) is 0 Å². The number of nitrogens with two attached hydrogens (primary N) is 1. The summed E-state index contributed by atoms with van der Waals surface area (Å²) in [6, 6.07) is 3.81. The van der Waals surface area contributed by atoms with Gasteiger partial charge in [0.05, 0.1) is 5.69 Å². The molecule has 4 nitrogen and oxygen atoms in total. The van der Waals surface area contributed by atoms with E-state index in [1.165, 1.54) is 0 Å². The molecular weight excluding hydrogens is 188 g/mol. The molecule has 2 aromatic rings. The SMILES string of the molecule is CN(C)CCc1cn2cc(N)ccc2n1. The smallest absolute Gasteiger partial charge is 0.137 e. The van der Waals surface area contributed by atoms with Crippen LogP contribution in [0.5, 0.6) is 0 Å². The van der Waals surface area contributed by atoms with Crippen molar-refractivity contribution in [3.63, 3.8) is 0 Å². The Hall–Kier alpha value is -1.55. The molecule has 0 saturated heterocycles. The summed E-state index contributed by atoms with van der Waals surface area (Å²) in [7, 11) is 4.13. The van der Waals surface area contributed by atoms with Crippen LogP contribution in [-0.4, -0.2) is 34.9 Å². The topological polar surface area (TPSA) is 46.6 Å². The minimum Gasteiger partial charge on any atom is -0.398 e. The third kappa shape index (κ3) is 2.27. The molecule has 4 heteroatoms. The van der Waals surface area contributed by atoms with Gasteiger partial charge in [-0.15, -0.1) is 0 Å². The number of pyridine rings is 1. The van der Waals surface area contributed by atoms with E-state index in [4.69, 9.17) is 5.73 Å². The number of fused-ring (bicyclic) bond motifs is 1. The maximum Gasteiger partial charge on any atom is 0.137 e. The van der Waals surface area contributed by atoms with Crippen LogP contribution in [0.1, 0.15) is 5.69 Å². The van der Waals surface area contributed by atoms with Crippen molar-refractivity contribution in [2.24, 2.45) is 0 Å². The van der Waals surface area contributed by atoms with Crippen molar-refractivity contribution in [1.82, 2.24) is 14.3 Å². The Balaban J connectivity index is 2.23. The van der Waals surface area contributed by atoms with Crippen LogP contribution in [0.2, 0.25) is 0 Å². The van der Waals surface area contributed by atoms with E-state index in [1.807, 2.05) is 28.9 Å². The Morgan fingerprint density at radius 3 is 2.87 bits per heavy atom. The second-order valence-electron chi connectivity index (χ2n) is 4.01. The van der Waals surface area contributed by atoms with Crippen molar-refractivity contribution >= 4 is 11.3 Å². The molecule has 0 spiro atoms. The highest BCUT2D eigenvalue weighted by Gasteiger charge is 2.01. The molecule has 2 aromatic heterocycles. The first-order valence-electron chi connectivity index (χ1n) is 5.03. The monoisotopic (exact) mass is 204 g/mol. The van der Waals surface area contributed by atoms with E-state index in [1.54, 1.807) is 0 Å². The molecule has 15 heavy (non-hydrogen) atoms. The number of anilines is 1. The highest BCUT2D eigenvalue weighted by atomic mass is 15.1. The maximum absolute atomic E-state index is 5.70. The van der Waals surface area contributed by atoms with E-state index in [9.17, 15) is 0 Å². The van der Waals surface area contributed by atoms with Gasteiger partial charge in [0.1, 0.15) is 5.65 Å². The van der Waals surface area contributed by atoms with Crippen molar-refractivity contribution in [3.05, 3.63) is 30.2 Å². The first-order valence-corrected chi connectivity index (χ1v) is 5.03. The molecule has 0 bridgehead atoms. The molecule has 0 aliphatic carbocycles. The Kier molecular flexibility index (Phi) is 2.60. The molecule has 2 heterocycles. The Bertz CT molecular complexity index is 459. The van der Waals surface area contributed by atoms with Crippen LogP contribution in [0.3, 0.4) is 0 Å². The Morgan fingerprint density at radius 2 is 2.13 bits per heavy atom. The molecule has 2 rings (SSSR count). The average Bonchev–Trinajstić information content (AvgIpc) is 2.56. The fraction of sp³-hybridized carbons (Fsp3) is 0.364. The van der Waals surface area contributed by atoms with Gasteiger partial charge in [-0.1, -0.05) is 0 Å². The van der Waals surface area contributed by atoms with Crippen LogP contribution in [0.4, 0.5) is 5.69 Å². The zero-order chi connectivity index (χ0) is 10.8. The van der Waals surface area contributed by atoms with Gasteiger partial charge in [-0.05, 0) is 26.2 Å². The summed E-state index contributed by atoms with van der Waals surface area (Å²) in [5.74, 6) is 0. The summed E-state index contributed by atoms with van der Waals surface area (Å²) in [6.45, 7) is 1.01. The van der Waals surface area contributed by atoms with E-state index < -0.39 is 0 Å². The van der Waals surface area contributed by atoms with E-state index in [-0.39, 0.29) is 0 Å². The summed E-state index contributed by atoms with van der Waals surface area (Å²) in [4.78, 5) is 6.66. The number of hydrogen-bond donors (Lipinski definition) is 1. The molecular formula is C11H16N4. The second kappa shape index (κ2) is 3.90. The number of rotatable bonds is 3. The van der Waals surface area contributed by atoms with E-state index in [2.05, 4.69) is 24.0 Å². The lowest BCUT2D eigenvalue weighted by atomic mass is 10.3. The van der Waals surface area contributed by atoms with Crippen molar-refractivity contribution < 1.29 is 0 Å². The second-order valence-corrected chi connectivity index (χ2v) is 4.01. The molecule has 0 unspecified atom stereocenters. The summed E-state index contributed by atoms with van der Waals surface area (Å²) < 4.78 is 1.97. The molecule has 0 aliphatic heterocycles. The minimum absolute atomic E-state index is 0.763. The van der Waals surface area contributed by atoms with Crippen LogP contribution in [-0.2, 0) is 6.42 Å². The van der Waals surface area contributed by atoms with Gasteiger partial charge in [-0.2, -0.15) is 0 Å². The molecule has 0 aliphatic rings. The largest absolute Gasteiger partial charge is 0.398 e. The summed E-state index contributed by atoms with van der Waals surface area (Å²) in [5, 5.41) is 0. The number of imidazole rings is 1. The number of nitrogens with zero attached hydrogens (tertiary/aromatic N) is 3. The van der Waals surface area contributed by atoms with Crippen LogP contribution in [0.25, 0.3) is 5.65 Å². The molecule has 0 fully saturated rings. The van der Waals surface area contributed by atoms with Gasteiger partial charge < -0.3 is 15.0 Å². The quantitative estimate of drug-likeness (QED) is 0.812. The lowest BCUT2D eigenvalue weighted by Gasteiger charge is -2.06. The molecule has 0 amide bonds. The lowest BCUT2D eigenvalue weighted by molar-refractivity contribution is 0.412. The summed E-state index contributed by atoms with van der Waals surface area (Å²) >= 11 is 0. The molecule has 80 valence electrons. The molecule has 2 N–H and O–H groups in total. The number of aromatic nitrogens is 2. The first kappa shape index (κ1) is 9.98. The van der Waals surface area contributed by atoms with E-state index in [0.717, 1.165) is 30.0 Å². The third-order valence-electron chi connectivity index (χ3n) is 2.34. The maximum atomic E-state index is 5.70. The predicted molar refractivity (Wildman–Crippen MR) is 61.9 cm³/mol. The fourth-order valence-electron chi connectivity index (χ4n) is 1.52. The van der Waals surface area contributed by atoms with Gasteiger partial charge in [0.25, 0.3) is 0 Å². The van der Waals surface area contributed by atoms with Gasteiger partial charge in [-0.25, -0.2) is 4.98 Å². The lowest BCUT2D eigenvalue weighted by Crippen LogP contribution is -2.15. The predicted octanol–water partition coefficient (Wildman–Crippen LogP) is 1.02. The average molecular weight is 204 g/mol. The first-order chi connectivity index (χ1) is 7.15. The van der Waals surface area contributed by atoms with Crippen LogP contribution < -0.4 is 5.73 Å². The van der Waals surface area contributed by atoms with E-state index in [0.29, 0.717) is 0 Å². The minimum atomic E-state index is 0.763. The standard InChI is InChI=1S/C11H16N4/c1-14(2)6-5-10-8-15-7-9(12)3-4-11(15)13-10/h3-4,7-8H,5-6,12H2,1-2H3. The molecule has 0 aromatic carbocycles. The van der Waals surface area contributed by atoms with Crippen molar-refractivity contribution in [1.29, 1.82) is 0 Å². The summed E-state index contributed by atoms with van der Waals surface area (Å²) in [5.41, 5.74) is 8.52. The van der Waals surface area contributed by atoms with Gasteiger partial charge in [0.2, 0.25) is 0 Å². The van der Waals surface area contributed by atoms with Crippen molar-refractivity contribution in [3.8, 4) is 0 Å². The third-order valence-corrected chi connectivity index (χ3v) is 2.34. The Labute approximate surface area is 89.3 Å². The molecule has 0 atom stereocenters. The zero-order valence-electron chi connectivity index (χ0n) is 9.14. The van der Waals surface area contributed by atoms with Crippen molar-refractivity contribution in [2.45, 2.75) is 6.42 Å². The van der Waals surface area contributed by atoms with Crippen LogP contribution in [0.15, 0.2) is 24.5 Å². The number of nitrogen functional groups attached to an aromatic ring is 1. The number of likely N-dealkylation sites (N-methyl/N-ethyl adjacent to an activating group) is 1. The molecule has 0 saturated carbocycles. The van der Waals surface area contributed by atoms with Gasteiger partial charge in [-0.3, -0.25) is 0 Å². The Morgan fingerprint density at radius 1 is 1.33 bits per heavy atom. The van der Waals surface area contributed by atoms with Crippen molar-refractivity contribution in [2.75, 3.05) is 26.4 Å². The normalized spacial score (nSPS) is 11.4. The highest BCUT2D eigenvalue weighted by Crippen LogP contribution is 2.09. The highest BCUT2D eigenvalue weighted by molar-refractivity contribution is 5.48. The van der Waals surface area contributed by atoms with Gasteiger partial charge in [0, 0.05) is 31.0 Å². The van der Waals surface area contributed by atoms with Crippen LogP contribution >= 0.6 is 0 Å². The summed E-state index contributed by atoms with van der Waals surface area (Å²) in [6.07, 6.45) is 4.89. The molecule has 0 radical (unpaired) electrons. The van der Waals surface area contributed by atoms with E-state index >= 15 is 0 Å². The number of hydrogen-bond acceptors (Lipinski definition) is 3.